The highest BCUT2D eigenvalue weighted by Gasteiger charge is 2.19. The Morgan fingerprint density at radius 2 is 1.83 bits per heavy atom. The molecule has 1 aliphatic rings. The Labute approximate surface area is 122 Å². The van der Waals surface area contributed by atoms with Gasteiger partial charge in [0, 0.05) is 30.1 Å². The topological polar surface area (TPSA) is 22.1 Å². The van der Waals surface area contributed by atoms with Crippen molar-refractivity contribution in [1.82, 2.24) is 4.98 Å². The van der Waals surface area contributed by atoms with Crippen LogP contribution in [0.3, 0.4) is 0 Å². The molecule has 0 N–H and O–H groups in total. The van der Waals surface area contributed by atoms with Crippen LogP contribution in [0.4, 0.5) is 0 Å². The quantitative estimate of drug-likeness (QED) is 0.822. The monoisotopic (exact) mass is 325 g/mol. The van der Waals surface area contributed by atoms with E-state index >= 15 is 0 Å². The largest absolute Gasteiger partial charge is 0.381 e. The van der Waals surface area contributed by atoms with E-state index in [-0.39, 0.29) is 17.0 Å². The van der Waals surface area contributed by atoms with E-state index in [0.29, 0.717) is 5.92 Å². The fourth-order valence-electron chi connectivity index (χ4n) is 2.16. The molecule has 96 valence electrons. The lowest BCUT2D eigenvalue weighted by Crippen LogP contribution is -2.13. The molecular weight excluding hydrogens is 310 g/mol. The number of ether oxygens (including phenoxy) is 1. The van der Waals surface area contributed by atoms with Gasteiger partial charge in [-0.15, -0.1) is 28.3 Å². The summed E-state index contributed by atoms with van der Waals surface area (Å²) in [6, 6.07) is 10.4. The second-order valence-corrected chi connectivity index (χ2v) is 5.21. The van der Waals surface area contributed by atoms with E-state index in [0.717, 1.165) is 31.7 Å². The van der Waals surface area contributed by atoms with E-state index in [2.05, 4.69) is 29.6 Å². The van der Waals surface area contributed by atoms with Crippen LogP contribution < -0.4 is 0 Å². The first kappa shape index (κ1) is 13.7. The zero-order valence-electron chi connectivity index (χ0n) is 10.0. The lowest BCUT2D eigenvalue weighted by atomic mass is 10.0. The van der Waals surface area contributed by atoms with Crippen molar-refractivity contribution in [3.05, 3.63) is 40.7 Å². The Hall–Kier alpha value is -0.710. The molecule has 1 fully saturated rings. The molecule has 0 atom stereocenters. The van der Waals surface area contributed by atoms with Gasteiger partial charge in [-0.3, -0.25) is 0 Å². The van der Waals surface area contributed by atoms with E-state index in [1.165, 1.54) is 10.6 Å². The van der Waals surface area contributed by atoms with Crippen molar-refractivity contribution in [2.45, 2.75) is 18.8 Å². The number of halogens is 1. The summed E-state index contributed by atoms with van der Waals surface area (Å²) >= 11 is 1.78. The second-order valence-electron chi connectivity index (χ2n) is 4.32. The summed E-state index contributed by atoms with van der Waals surface area (Å²) in [5.74, 6) is 0.603. The van der Waals surface area contributed by atoms with Gasteiger partial charge >= 0.3 is 0 Å². The molecule has 1 saturated heterocycles. The predicted molar refractivity (Wildman–Crippen MR) is 80.7 cm³/mol. The molecule has 0 unspecified atom stereocenters. The molecule has 2 heterocycles. The summed E-state index contributed by atoms with van der Waals surface area (Å²) < 4.78 is 5.39. The van der Waals surface area contributed by atoms with Gasteiger partial charge in [-0.1, -0.05) is 30.3 Å². The molecule has 0 amide bonds. The van der Waals surface area contributed by atoms with Crippen molar-refractivity contribution in [2.75, 3.05) is 13.2 Å². The highest BCUT2D eigenvalue weighted by molar-refractivity contribution is 8.93. The number of rotatable bonds is 2. The maximum absolute atomic E-state index is 5.39. The molecule has 18 heavy (non-hydrogen) atoms. The van der Waals surface area contributed by atoms with Gasteiger partial charge in [0.1, 0.15) is 0 Å². The van der Waals surface area contributed by atoms with Crippen LogP contribution in [0.25, 0.3) is 11.3 Å². The predicted octanol–water partition coefficient (Wildman–Crippen LogP) is 4.28. The Morgan fingerprint density at radius 3 is 2.56 bits per heavy atom. The van der Waals surface area contributed by atoms with Crippen LogP contribution in [0.1, 0.15) is 23.8 Å². The van der Waals surface area contributed by atoms with Crippen molar-refractivity contribution in [3.63, 3.8) is 0 Å². The molecule has 1 aromatic heterocycles. The van der Waals surface area contributed by atoms with Gasteiger partial charge in [0.25, 0.3) is 0 Å². The van der Waals surface area contributed by atoms with Gasteiger partial charge in [0.15, 0.2) is 0 Å². The molecule has 1 aliphatic heterocycles. The minimum absolute atomic E-state index is 0. The summed E-state index contributed by atoms with van der Waals surface area (Å²) in [6.45, 7) is 1.76. The van der Waals surface area contributed by atoms with Crippen molar-refractivity contribution < 1.29 is 4.74 Å². The molecule has 0 bridgehead atoms. The van der Waals surface area contributed by atoms with Crippen LogP contribution in [-0.2, 0) is 4.74 Å². The molecule has 0 spiro atoms. The summed E-state index contributed by atoms with van der Waals surface area (Å²) in [6.07, 6.45) is 2.23. The van der Waals surface area contributed by atoms with Gasteiger partial charge in [-0.05, 0) is 12.8 Å². The first-order valence-electron chi connectivity index (χ1n) is 6.02. The fourth-order valence-corrected chi connectivity index (χ4v) is 3.16. The molecule has 1 aromatic carbocycles. The SMILES string of the molecule is Br.c1ccc(-c2csc(C3CCOCC3)n2)cc1. The molecule has 0 saturated carbocycles. The van der Waals surface area contributed by atoms with Gasteiger partial charge in [-0.2, -0.15) is 0 Å². The van der Waals surface area contributed by atoms with Crippen LogP contribution in [0.5, 0.6) is 0 Å². The minimum atomic E-state index is 0. The lowest BCUT2D eigenvalue weighted by Gasteiger charge is -2.19. The Balaban J connectivity index is 0.00000120. The van der Waals surface area contributed by atoms with Crippen molar-refractivity contribution in [2.24, 2.45) is 0 Å². The van der Waals surface area contributed by atoms with Crippen molar-refractivity contribution in [3.8, 4) is 11.3 Å². The number of aromatic nitrogens is 1. The maximum atomic E-state index is 5.39. The minimum Gasteiger partial charge on any atom is -0.381 e. The summed E-state index contributed by atoms with van der Waals surface area (Å²) in [4.78, 5) is 4.77. The average Bonchev–Trinajstić information content (AvgIpc) is 2.90. The van der Waals surface area contributed by atoms with Gasteiger partial charge in [0.05, 0.1) is 10.7 Å². The maximum Gasteiger partial charge on any atom is 0.0965 e. The number of thiazole rings is 1. The number of benzene rings is 1. The Morgan fingerprint density at radius 1 is 1.11 bits per heavy atom. The smallest absolute Gasteiger partial charge is 0.0965 e. The highest BCUT2D eigenvalue weighted by atomic mass is 79.9. The molecular formula is C14H16BrNOS. The molecule has 0 aliphatic carbocycles. The molecule has 2 aromatic rings. The van der Waals surface area contributed by atoms with Crippen LogP contribution in [0.15, 0.2) is 35.7 Å². The Kier molecular flexibility index (Phi) is 4.92. The number of hydrogen-bond acceptors (Lipinski definition) is 3. The standard InChI is InChI=1S/C14H15NOS.BrH/c1-2-4-11(5-3-1)13-10-17-14(15-13)12-6-8-16-9-7-12;/h1-5,10,12H,6-9H2;1H. The first-order valence-corrected chi connectivity index (χ1v) is 6.90. The fraction of sp³-hybridized carbons (Fsp3) is 0.357. The Bertz CT molecular complexity index is 480. The normalized spacial score (nSPS) is 16.2. The molecule has 3 rings (SSSR count). The van der Waals surface area contributed by atoms with Gasteiger partial charge in [-0.25, -0.2) is 4.98 Å². The van der Waals surface area contributed by atoms with E-state index < -0.39 is 0 Å². The van der Waals surface area contributed by atoms with Crippen LogP contribution in [0.2, 0.25) is 0 Å². The number of nitrogens with zero attached hydrogens (tertiary/aromatic N) is 1. The highest BCUT2D eigenvalue weighted by Crippen LogP contribution is 2.31. The molecule has 0 radical (unpaired) electrons. The summed E-state index contributed by atoms with van der Waals surface area (Å²) in [7, 11) is 0. The zero-order valence-corrected chi connectivity index (χ0v) is 12.6. The first-order chi connectivity index (χ1) is 8.43. The van der Waals surface area contributed by atoms with E-state index in [4.69, 9.17) is 9.72 Å². The van der Waals surface area contributed by atoms with E-state index in [9.17, 15) is 0 Å². The summed E-state index contributed by atoms with van der Waals surface area (Å²) in [5, 5.41) is 3.44. The van der Waals surface area contributed by atoms with Gasteiger partial charge < -0.3 is 4.74 Å². The van der Waals surface area contributed by atoms with Crippen molar-refractivity contribution in [1.29, 1.82) is 0 Å². The summed E-state index contributed by atoms with van der Waals surface area (Å²) in [5.41, 5.74) is 2.32. The van der Waals surface area contributed by atoms with Gasteiger partial charge in [0.2, 0.25) is 0 Å². The van der Waals surface area contributed by atoms with E-state index in [1.54, 1.807) is 11.3 Å². The second kappa shape index (κ2) is 6.45. The van der Waals surface area contributed by atoms with Crippen LogP contribution >= 0.6 is 28.3 Å². The molecule has 2 nitrogen and oxygen atoms in total. The lowest BCUT2D eigenvalue weighted by molar-refractivity contribution is 0.0853. The van der Waals surface area contributed by atoms with E-state index in [1.807, 2.05) is 6.07 Å². The van der Waals surface area contributed by atoms with Crippen molar-refractivity contribution >= 4 is 28.3 Å². The number of hydrogen-bond donors (Lipinski definition) is 0. The third-order valence-corrected chi connectivity index (χ3v) is 4.17. The molecule has 4 heteroatoms. The average molecular weight is 326 g/mol. The van der Waals surface area contributed by atoms with Crippen LogP contribution in [0, 0.1) is 0 Å². The van der Waals surface area contributed by atoms with Crippen LogP contribution in [-0.4, -0.2) is 18.2 Å². The third kappa shape index (κ3) is 2.99. The third-order valence-electron chi connectivity index (χ3n) is 3.16. The zero-order chi connectivity index (χ0) is 11.5.